The van der Waals surface area contributed by atoms with E-state index in [1.807, 2.05) is 0 Å². The van der Waals surface area contributed by atoms with Gasteiger partial charge < -0.3 is 19.1 Å². The number of ether oxygens (including phenoxy) is 3. The summed E-state index contributed by atoms with van der Waals surface area (Å²) in [7, 11) is 1.36. The number of carbonyl (C=O) groups excluding carboxylic acids is 2. The van der Waals surface area contributed by atoms with Crippen LogP contribution in [0.2, 0.25) is 0 Å². The van der Waals surface area contributed by atoms with E-state index in [1.54, 1.807) is 4.90 Å². The van der Waals surface area contributed by atoms with Crippen LogP contribution in [0.25, 0.3) is 0 Å². The Labute approximate surface area is 112 Å². The molecule has 6 heteroatoms. The Morgan fingerprint density at radius 1 is 1.42 bits per heavy atom. The highest BCUT2D eigenvalue weighted by atomic mass is 16.6. The quantitative estimate of drug-likeness (QED) is 0.710. The molecule has 2 aliphatic heterocycles. The molecule has 19 heavy (non-hydrogen) atoms. The Hall–Kier alpha value is -1.72. The van der Waals surface area contributed by atoms with Gasteiger partial charge in [0.25, 0.3) is 5.91 Å². The number of amides is 1. The second-order valence-corrected chi connectivity index (χ2v) is 4.63. The predicted molar refractivity (Wildman–Crippen MR) is 66.0 cm³/mol. The van der Waals surface area contributed by atoms with E-state index in [4.69, 9.17) is 9.47 Å². The number of nitrogens with zero attached hydrogens (tertiary/aromatic N) is 1. The van der Waals surface area contributed by atoms with Crippen molar-refractivity contribution in [2.75, 3.05) is 26.9 Å². The molecule has 0 aromatic rings. The standard InChI is InChI=1S/C13H19NO5/c1-17-12(15)8-10-4-2-3-5-14(10)13(16)11-9-18-6-7-19-11/h9-10H,2-8H2,1H3. The van der Waals surface area contributed by atoms with Gasteiger partial charge in [-0.15, -0.1) is 0 Å². The third-order valence-electron chi connectivity index (χ3n) is 3.38. The lowest BCUT2D eigenvalue weighted by Gasteiger charge is -2.35. The molecule has 1 unspecified atom stereocenters. The van der Waals surface area contributed by atoms with Crippen molar-refractivity contribution in [3.63, 3.8) is 0 Å². The summed E-state index contributed by atoms with van der Waals surface area (Å²) in [5.41, 5.74) is 0. The van der Waals surface area contributed by atoms with Crippen LogP contribution in [0.15, 0.2) is 12.0 Å². The topological polar surface area (TPSA) is 65.1 Å². The van der Waals surface area contributed by atoms with Gasteiger partial charge in [-0.1, -0.05) is 0 Å². The molecular formula is C13H19NO5. The summed E-state index contributed by atoms with van der Waals surface area (Å²) in [5, 5.41) is 0. The molecule has 106 valence electrons. The molecule has 6 nitrogen and oxygen atoms in total. The van der Waals surface area contributed by atoms with E-state index in [2.05, 4.69) is 4.74 Å². The van der Waals surface area contributed by atoms with E-state index in [-0.39, 0.29) is 30.1 Å². The summed E-state index contributed by atoms with van der Waals surface area (Å²) in [5.74, 6) is -0.268. The van der Waals surface area contributed by atoms with Gasteiger partial charge in [0.15, 0.2) is 0 Å². The Morgan fingerprint density at radius 2 is 2.26 bits per heavy atom. The van der Waals surface area contributed by atoms with Crippen LogP contribution in [-0.2, 0) is 23.8 Å². The van der Waals surface area contributed by atoms with Gasteiger partial charge in [0, 0.05) is 12.6 Å². The van der Waals surface area contributed by atoms with Crippen LogP contribution in [0.3, 0.4) is 0 Å². The van der Waals surface area contributed by atoms with Gasteiger partial charge in [-0.3, -0.25) is 9.59 Å². The average Bonchev–Trinajstić information content (AvgIpc) is 2.48. The predicted octanol–water partition coefficient (Wildman–Crippen LogP) is 0.819. The van der Waals surface area contributed by atoms with Crippen LogP contribution < -0.4 is 0 Å². The Balaban J connectivity index is 2.03. The highest BCUT2D eigenvalue weighted by molar-refractivity contribution is 5.92. The summed E-state index contributed by atoms with van der Waals surface area (Å²) in [6.07, 6.45) is 4.36. The minimum atomic E-state index is -0.292. The summed E-state index contributed by atoms with van der Waals surface area (Å²) >= 11 is 0. The van der Waals surface area contributed by atoms with Gasteiger partial charge in [0.1, 0.15) is 19.5 Å². The van der Waals surface area contributed by atoms with Gasteiger partial charge in [-0.2, -0.15) is 0 Å². The first-order valence-electron chi connectivity index (χ1n) is 6.54. The molecule has 1 atom stereocenters. The molecule has 0 spiro atoms. The van der Waals surface area contributed by atoms with Crippen molar-refractivity contribution in [3.8, 4) is 0 Å². The number of rotatable bonds is 3. The Bertz CT molecular complexity index is 379. The molecule has 2 heterocycles. The smallest absolute Gasteiger partial charge is 0.307 e. The number of hydrogen-bond donors (Lipinski definition) is 0. The van der Waals surface area contributed by atoms with E-state index < -0.39 is 0 Å². The monoisotopic (exact) mass is 269 g/mol. The molecule has 2 aliphatic rings. The van der Waals surface area contributed by atoms with Crippen molar-refractivity contribution in [2.24, 2.45) is 0 Å². The molecular weight excluding hydrogens is 250 g/mol. The van der Waals surface area contributed by atoms with Crippen molar-refractivity contribution in [2.45, 2.75) is 31.7 Å². The Morgan fingerprint density at radius 3 is 2.95 bits per heavy atom. The number of likely N-dealkylation sites (tertiary alicyclic amines) is 1. The first kappa shape index (κ1) is 13.7. The first-order chi connectivity index (χ1) is 9.22. The second-order valence-electron chi connectivity index (χ2n) is 4.63. The highest BCUT2D eigenvalue weighted by Gasteiger charge is 2.32. The zero-order chi connectivity index (χ0) is 13.7. The van der Waals surface area contributed by atoms with Gasteiger partial charge in [0.2, 0.25) is 5.76 Å². The second kappa shape index (κ2) is 6.45. The molecule has 0 aliphatic carbocycles. The molecule has 1 fully saturated rings. The fourth-order valence-corrected chi connectivity index (χ4v) is 2.38. The molecule has 0 aromatic heterocycles. The maximum Gasteiger partial charge on any atom is 0.307 e. The lowest BCUT2D eigenvalue weighted by Crippen LogP contribution is -2.46. The van der Waals surface area contributed by atoms with Crippen LogP contribution in [-0.4, -0.2) is 49.7 Å². The fourth-order valence-electron chi connectivity index (χ4n) is 2.38. The molecule has 0 bridgehead atoms. The fraction of sp³-hybridized carbons (Fsp3) is 0.692. The molecule has 2 rings (SSSR count). The van der Waals surface area contributed by atoms with Crippen LogP contribution in [0.5, 0.6) is 0 Å². The SMILES string of the molecule is COC(=O)CC1CCCCN1C(=O)C1=COCCO1. The largest absolute Gasteiger partial charge is 0.494 e. The normalized spacial score (nSPS) is 22.9. The lowest BCUT2D eigenvalue weighted by atomic mass is 9.99. The van der Waals surface area contributed by atoms with E-state index in [9.17, 15) is 9.59 Å². The lowest BCUT2D eigenvalue weighted by molar-refractivity contribution is -0.144. The van der Waals surface area contributed by atoms with Crippen molar-refractivity contribution >= 4 is 11.9 Å². The van der Waals surface area contributed by atoms with Gasteiger partial charge in [-0.25, -0.2) is 0 Å². The Kier molecular flexibility index (Phi) is 4.65. The number of carbonyl (C=O) groups is 2. The maximum atomic E-state index is 12.3. The van der Waals surface area contributed by atoms with E-state index in [1.165, 1.54) is 13.4 Å². The summed E-state index contributed by atoms with van der Waals surface area (Å²) in [4.78, 5) is 25.4. The maximum absolute atomic E-state index is 12.3. The molecule has 0 radical (unpaired) electrons. The molecule has 0 saturated carbocycles. The average molecular weight is 269 g/mol. The number of methoxy groups -OCH3 is 1. The summed E-state index contributed by atoms with van der Waals surface area (Å²) in [6, 6.07) is -0.111. The molecule has 1 saturated heterocycles. The van der Waals surface area contributed by atoms with E-state index >= 15 is 0 Å². The third-order valence-corrected chi connectivity index (χ3v) is 3.38. The summed E-state index contributed by atoms with van der Waals surface area (Å²) in [6.45, 7) is 1.48. The van der Waals surface area contributed by atoms with Crippen LogP contribution >= 0.6 is 0 Å². The van der Waals surface area contributed by atoms with Crippen molar-refractivity contribution in [1.82, 2.24) is 4.90 Å². The third kappa shape index (κ3) is 3.39. The van der Waals surface area contributed by atoms with Crippen molar-refractivity contribution < 1.29 is 23.8 Å². The van der Waals surface area contributed by atoms with E-state index in [0.29, 0.717) is 19.8 Å². The van der Waals surface area contributed by atoms with E-state index in [0.717, 1.165) is 19.3 Å². The zero-order valence-corrected chi connectivity index (χ0v) is 11.1. The molecule has 0 aromatic carbocycles. The van der Waals surface area contributed by atoms with Gasteiger partial charge in [-0.05, 0) is 19.3 Å². The van der Waals surface area contributed by atoms with Crippen LogP contribution in [0.1, 0.15) is 25.7 Å². The van der Waals surface area contributed by atoms with Crippen molar-refractivity contribution in [1.29, 1.82) is 0 Å². The molecule has 0 N–H and O–H groups in total. The number of esters is 1. The van der Waals surface area contributed by atoms with Gasteiger partial charge in [0.05, 0.1) is 13.5 Å². The van der Waals surface area contributed by atoms with Crippen molar-refractivity contribution in [3.05, 3.63) is 12.0 Å². The molecule has 1 amide bonds. The minimum Gasteiger partial charge on any atom is -0.494 e. The van der Waals surface area contributed by atoms with Gasteiger partial charge >= 0.3 is 5.97 Å². The summed E-state index contributed by atoms with van der Waals surface area (Å²) < 4.78 is 15.1. The number of piperidine rings is 1. The van der Waals surface area contributed by atoms with Crippen LogP contribution in [0, 0.1) is 0 Å². The first-order valence-corrected chi connectivity index (χ1v) is 6.54. The highest BCUT2D eigenvalue weighted by Crippen LogP contribution is 2.23. The minimum absolute atomic E-state index is 0.111. The van der Waals surface area contributed by atoms with Crippen LogP contribution in [0.4, 0.5) is 0 Å². The zero-order valence-electron chi connectivity index (χ0n) is 11.1. The number of hydrogen-bond acceptors (Lipinski definition) is 5.